The molecule has 0 amide bonds. The molecule has 0 atom stereocenters. The van der Waals surface area contributed by atoms with Gasteiger partial charge in [-0.15, -0.1) is 0 Å². The van der Waals surface area contributed by atoms with E-state index in [1.165, 1.54) is 22.0 Å². The van der Waals surface area contributed by atoms with E-state index in [0.29, 0.717) is 0 Å². The zero-order valence-corrected chi connectivity index (χ0v) is 9.09. The van der Waals surface area contributed by atoms with Crippen LogP contribution in [-0.2, 0) is 7.05 Å². The number of rotatable bonds is 1. The van der Waals surface area contributed by atoms with Gasteiger partial charge in [0.05, 0.1) is 5.52 Å². The third-order valence-electron chi connectivity index (χ3n) is 2.89. The highest BCUT2D eigenvalue weighted by molar-refractivity contribution is 5.94. The molecule has 0 N–H and O–H groups in total. The number of aromatic nitrogens is 2. The number of hydrogen-bond acceptors (Lipinski definition) is 1. The third kappa shape index (κ3) is 1.31. The van der Waals surface area contributed by atoms with Gasteiger partial charge in [0, 0.05) is 36.6 Å². The summed E-state index contributed by atoms with van der Waals surface area (Å²) in [5, 5.41) is 1.27. The number of hydrogen-bond donors (Lipinski definition) is 0. The number of nitrogens with zero attached hydrogens (tertiary/aromatic N) is 2. The van der Waals surface area contributed by atoms with Crippen molar-refractivity contribution in [3.05, 3.63) is 55.0 Å². The molecule has 0 bridgehead atoms. The summed E-state index contributed by atoms with van der Waals surface area (Å²) >= 11 is 0. The molecular formula is C14H12N2. The third-order valence-corrected chi connectivity index (χ3v) is 2.89. The molecule has 0 saturated heterocycles. The van der Waals surface area contributed by atoms with Crippen molar-refractivity contribution in [1.29, 1.82) is 0 Å². The molecule has 2 heteroatoms. The van der Waals surface area contributed by atoms with Crippen molar-refractivity contribution in [3.63, 3.8) is 0 Å². The minimum atomic E-state index is 1.21. The van der Waals surface area contributed by atoms with Crippen LogP contribution in [0.3, 0.4) is 0 Å². The highest BCUT2D eigenvalue weighted by Crippen LogP contribution is 2.28. The Morgan fingerprint density at radius 2 is 1.81 bits per heavy atom. The summed E-state index contributed by atoms with van der Waals surface area (Å²) in [6.07, 6.45) is 5.75. The lowest BCUT2D eigenvalue weighted by Gasteiger charge is -2.05. The molecule has 3 rings (SSSR count). The molecule has 0 radical (unpaired) electrons. The topological polar surface area (TPSA) is 17.8 Å². The number of pyridine rings is 1. The molecular weight excluding hydrogens is 196 g/mol. The second-order valence-corrected chi connectivity index (χ2v) is 3.91. The van der Waals surface area contributed by atoms with Crippen LogP contribution in [0.4, 0.5) is 0 Å². The summed E-state index contributed by atoms with van der Waals surface area (Å²) in [6.45, 7) is 0. The molecule has 16 heavy (non-hydrogen) atoms. The molecule has 2 heterocycles. The van der Waals surface area contributed by atoms with Gasteiger partial charge in [0.25, 0.3) is 0 Å². The first kappa shape index (κ1) is 9.16. The SMILES string of the molecule is Cn1ccc2cccc(-c3ccncc3)c21. The fourth-order valence-electron chi connectivity index (χ4n) is 2.12. The predicted molar refractivity (Wildman–Crippen MR) is 66.2 cm³/mol. The number of fused-ring (bicyclic) bond motifs is 1. The zero-order valence-electron chi connectivity index (χ0n) is 9.09. The Kier molecular flexibility index (Phi) is 2.00. The first-order valence-corrected chi connectivity index (χ1v) is 5.31. The van der Waals surface area contributed by atoms with Gasteiger partial charge in [0.2, 0.25) is 0 Å². The lowest BCUT2D eigenvalue weighted by Crippen LogP contribution is -1.88. The molecule has 0 saturated carbocycles. The van der Waals surface area contributed by atoms with E-state index in [9.17, 15) is 0 Å². The molecule has 2 nitrogen and oxygen atoms in total. The molecule has 0 aliphatic heterocycles. The van der Waals surface area contributed by atoms with E-state index >= 15 is 0 Å². The van der Waals surface area contributed by atoms with Gasteiger partial charge in [-0.05, 0) is 23.8 Å². The summed E-state index contributed by atoms with van der Waals surface area (Å²) in [6, 6.07) is 12.6. The van der Waals surface area contributed by atoms with Crippen LogP contribution in [0.1, 0.15) is 0 Å². The van der Waals surface area contributed by atoms with Crippen molar-refractivity contribution in [2.45, 2.75) is 0 Å². The summed E-state index contributed by atoms with van der Waals surface area (Å²) in [7, 11) is 2.08. The van der Waals surface area contributed by atoms with Crippen molar-refractivity contribution >= 4 is 10.9 Å². The molecule has 1 aromatic carbocycles. The Morgan fingerprint density at radius 3 is 2.62 bits per heavy atom. The van der Waals surface area contributed by atoms with Crippen LogP contribution in [0.5, 0.6) is 0 Å². The molecule has 0 aliphatic carbocycles. The standard InChI is InChI=1S/C14H12N2/c1-16-10-7-12-3-2-4-13(14(12)16)11-5-8-15-9-6-11/h2-10H,1H3. The summed E-state index contributed by atoms with van der Waals surface area (Å²) < 4.78 is 2.16. The van der Waals surface area contributed by atoms with Gasteiger partial charge in [-0.25, -0.2) is 0 Å². The molecule has 0 fully saturated rings. The van der Waals surface area contributed by atoms with Crippen molar-refractivity contribution in [2.75, 3.05) is 0 Å². The fraction of sp³-hybridized carbons (Fsp3) is 0.0714. The van der Waals surface area contributed by atoms with E-state index in [2.05, 4.69) is 47.1 Å². The molecule has 0 unspecified atom stereocenters. The number of para-hydroxylation sites is 1. The Bertz CT molecular complexity index is 624. The predicted octanol–water partition coefficient (Wildman–Crippen LogP) is 3.24. The Hall–Kier alpha value is -2.09. The number of benzene rings is 1. The molecule has 78 valence electrons. The molecule has 0 aliphatic rings. The fourth-order valence-corrected chi connectivity index (χ4v) is 2.12. The van der Waals surface area contributed by atoms with Crippen LogP contribution in [0.2, 0.25) is 0 Å². The van der Waals surface area contributed by atoms with Gasteiger partial charge in [-0.3, -0.25) is 4.98 Å². The summed E-state index contributed by atoms with van der Waals surface area (Å²) in [5.74, 6) is 0. The summed E-state index contributed by atoms with van der Waals surface area (Å²) in [5.41, 5.74) is 3.74. The van der Waals surface area contributed by atoms with Crippen LogP contribution in [0.25, 0.3) is 22.0 Å². The van der Waals surface area contributed by atoms with Crippen molar-refractivity contribution in [2.24, 2.45) is 7.05 Å². The Balaban J connectivity index is 2.36. The quantitative estimate of drug-likeness (QED) is 0.600. The van der Waals surface area contributed by atoms with Gasteiger partial charge in [0.1, 0.15) is 0 Å². The van der Waals surface area contributed by atoms with Gasteiger partial charge >= 0.3 is 0 Å². The lowest BCUT2D eigenvalue weighted by molar-refractivity contribution is 0.970. The van der Waals surface area contributed by atoms with Crippen LogP contribution < -0.4 is 0 Å². The van der Waals surface area contributed by atoms with Crippen molar-refractivity contribution in [1.82, 2.24) is 9.55 Å². The second kappa shape index (κ2) is 3.49. The zero-order chi connectivity index (χ0) is 11.0. The summed E-state index contributed by atoms with van der Waals surface area (Å²) in [4.78, 5) is 4.05. The highest BCUT2D eigenvalue weighted by atomic mass is 14.9. The van der Waals surface area contributed by atoms with E-state index in [1.807, 2.05) is 24.5 Å². The Morgan fingerprint density at radius 1 is 1.00 bits per heavy atom. The van der Waals surface area contributed by atoms with Gasteiger partial charge in [-0.1, -0.05) is 18.2 Å². The van der Waals surface area contributed by atoms with Gasteiger partial charge in [0.15, 0.2) is 0 Å². The van der Waals surface area contributed by atoms with E-state index in [-0.39, 0.29) is 0 Å². The monoisotopic (exact) mass is 208 g/mol. The maximum Gasteiger partial charge on any atom is 0.0557 e. The molecule has 0 spiro atoms. The van der Waals surface area contributed by atoms with Crippen LogP contribution in [-0.4, -0.2) is 9.55 Å². The maximum absolute atomic E-state index is 4.05. The van der Waals surface area contributed by atoms with Crippen LogP contribution >= 0.6 is 0 Å². The number of aryl methyl sites for hydroxylation is 1. The van der Waals surface area contributed by atoms with E-state index in [1.54, 1.807) is 0 Å². The van der Waals surface area contributed by atoms with E-state index < -0.39 is 0 Å². The minimum Gasteiger partial charge on any atom is -0.350 e. The lowest BCUT2D eigenvalue weighted by atomic mass is 10.0. The van der Waals surface area contributed by atoms with Crippen LogP contribution in [0.15, 0.2) is 55.0 Å². The largest absolute Gasteiger partial charge is 0.350 e. The average Bonchev–Trinajstić information content (AvgIpc) is 2.73. The van der Waals surface area contributed by atoms with Crippen molar-refractivity contribution in [3.8, 4) is 11.1 Å². The smallest absolute Gasteiger partial charge is 0.0557 e. The van der Waals surface area contributed by atoms with Crippen LogP contribution in [0, 0.1) is 0 Å². The Labute approximate surface area is 94.2 Å². The second-order valence-electron chi connectivity index (χ2n) is 3.91. The molecule has 3 aromatic rings. The van der Waals surface area contributed by atoms with Gasteiger partial charge < -0.3 is 4.57 Å². The van der Waals surface area contributed by atoms with E-state index in [0.717, 1.165) is 0 Å². The first-order valence-electron chi connectivity index (χ1n) is 5.31. The van der Waals surface area contributed by atoms with Gasteiger partial charge in [-0.2, -0.15) is 0 Å². The minimum absolute atomic E-state index is 1.21. The first-order chi connectivity index (χ1) is 7.86. The van der Waals surface area contributed by atoms with E-state index in [4.69, 9.17) is 0 Å². The average molecular weight is 208 g/mol. The molecule has 2 aromatic heterocycles. The van der Waals surface area contributed by atoms with Crippen molar-refractivity contribution < 1.29 is 0 Å². The maximum atomic E-state index is 4.05. The highest BCUT2D eigenvalue weighted by Gasteiger charge is 2.05. The normalized spacial score (nSPS) is 10.8.